The Balaban J connectivity index is 1.94. The van der Waals surface area contributed by atoms with E-state index in [1.165, 1.54) is 0 Å². The first-order valence-corrected chi connectivity index (χ1v) is 9.14. The van der Waals surface area contributed by atoms with Crippen molar-refractivity contribution in [3.8, 4) is 0 Å². The minimum absolute atomic E-state index is 0.108. The number of rotatable bonds is 5. The molecule has 8 heteroatoms. The van der Waals surface area contributed by atoms with Crippen molar-refractivity contribution < 1.29 is 17.9 Å². The van der Waals surface area contributed by atoms with Gasteiger partial charge in [-0.15, -0.1) is 0 Å². The van der Waals surface area contributed by atoms with Crippen molar-refractivity contribution in [2.75, 3.05) is 29.2 Å². The standard InChI is InChI=1S/C13H17BrN2O4S/c14-11-6-9(15)3-4-12(11)16-13(17)8-21(18,19)7-10-2-1-5-20-10/h3-4,6,10H,1-2,5,7-8,15H2,(H,16,17). The highest BCUT2D eigenvalue weighted by atomic mass is 79.9. The predicted octanol–water partition coefficient (Wildman–Crippen LogP) is 1.56. The van der Waals surface area contributed by atoms with E-state index < -0.39 is 21.5 Å². The summed E-state index contributed by atoms with van der Waals surface area (Å²) in [7, 11) is -3.48. The van der Waals surface area contributed by atoms with Crippen molar-refractivity contribution in [2.24, 2.45) is 0 Å². The molecule has 21 heavy (non-hydrogen) atoms. The number of nitrogens with one attached hydrogen (secondary N) is 1. The van der Waals surface area contributed by atoms with Gasteiger partial charge in [0.1, 0.15) is 5.75 Å². The van der Waals surface area contributed by atoms with Gasteiger partial charge in [-0.3, -0.25) is 4.79 Å². The molecule has 1 aromatic rings. The average Bonchev–Trinajstić information content (AvgIpc) is 2.84. The Hall–Kier alpha value is -1.12. The fraction of sp³-hybridized carbons (Fsp3) is 0.462. The molecule has 0 aromatic heterocycles. The van der Waals surface area contributed by atoms with E-state index in [-0.39, 0.29) is 11.9 Å². The summed E-state index contributed by atoms with van der Waals surface area (Å²) in [5.74, 6) is -1.23. The van der Waals surface area contributed by atoms with Crippen LogP contribution in [0.5, 0.6) is 0 Å². The summed E-state index contributed by atoms with van der Waals surface area (Å²) in [4.78, 5) is 11.9. The van der Waals surface area contributed by atoms with Gasteiger partial charge in [0.15, 0.2) is 9.84 Å². The molecule has 1 unspecified atom stereocenters. The normalized spacial score (nSPS) is 18.6. The average molecular weight is 377 g/mol. The topological polar surface area (TPSA) is 98.5 Å². The molecule has 3 N–H and O–H groups in total. The van der Waals surface area contributed by atoms with Gasteiger partial charge in [0, 0.05) is 16.8 Å². The number of carbonyl (C=O) groups is 1. The summed E-state index contributed by atoms with van der Waals surface area (Å²) >= 11 is 3.26. The van der Waals surface area contributed by atoms with Crippen LogP contribution in [-0.4, -0.2) is 38.5 Å². The Morgan fingerprint density at radius 3 is 2.86 bits per heavy atom. The third kappa shape index (κ3) is 4.98. The van der Waals surface area contributed by atoms with E-state index in [9.17, 15) is 13.2 Å². The van der Waals surface area contributed by atoms with Crippen molar-refractivity contribution >= 4 is 43.0 Å². The molecule has 1 amide bonds. The number of sulfone groups is 1. The van der Waals surface area contributed by atoms with Crippen LogP contribution >= 0.6 is 15.9 Å². The smallest absolute Gasteiger partial charge is 0.239 e. The molecule has 1 aromatic carbocycles. The molecule has 1 atom stereocenters. The van der Waals surface area contributed by atoms with Crippen LogP contribution in [-0.2, 0) is 19.4 Å². The number of hydrogen-bond donors (Lipinski definition) is 2. The fourth-order valence-electron chi connectivity index (χ4n) is 2.14. The second kappa shape index (κ2) is 6.76. The van der Waals surface area contributed by atoms with Gasteiger partial charge in [-0.2, -0.15) is 0 Å². The van der Waals surface area contributed by atoms with Gasteiger partial charge < -0.3 is 15.8 Å². The SMILES string of the molecule is Nc1ccc(NC(=O)CS(=O)(=O)CC2CCCO2)c(Br)c1. The molecular weight excluding hydrogens is 360 g/mol. The lowest BCUT2D eigenvalue weighted by Gasteiger charge is -2.11. The number of amides is 1. The first-order chi connectivity index (χ1) is 9.85. The Labute approximate surface area is 132 Å². The fourth-order valence-corrected chi connectivity index (χ4v) is 4.05. The van der Waals surface area contributed by atoms with Gasteiger partial charge in [0.2, 0.25) is 5.91 Å². The molecule has 1 saturated heterocycles. The van der Waals surface area contributed by atoms with Crippen LogP contribution in [0.1, 0.15) is 12.8 Å². The number of hydrogen-bond acceptors (Lipinski definition) is 5. The molecule has 0 bridgehead atoms. The van der Waals surface area contributed by atoms with Crippen LogP contribution < -0.4 is 11.1 Å². The van der Waals surface area contributed by atoms with E-state index in [0.717, 1.165) is 12.8 Å². The summed E-state index contributed by atoms with van der Waals surface area (Å²) < 4.78 is 29.8. The first kappa shape index (κ1) is 16.3. The minimum Gasteiger partial charge on any atom is -0.399 e. The van der Waals surface area contributed by atoms with Crippen LogP contribution in [0.25, 0.3) is 0 Å². The molecule has 2 rings (SSSR count). The predicted molar refractivity (Wildman–Crippen MR) is 84.8 cm³/mol. The van der Waals surface area contributed by atoms with Crippen molar-refractivity contribution in [3.63, 3.8) is 0 Å². The van der Waals surface area contributed by atoms with Gasteiger partial charge in [0.05, 0.1) is 17.5 Å². The lowest BCUT2D eigenvalue weighted by Crippen LogP contribution is -2.29. The molecular formula is C13H17BrN2O4S. The zero-order valence-electron chi connectivity index (χ0n) is 11.3. The van der Waals surface area contributed by atoms with Crippen molar-refractivity contribution in [2.45, 2.75) is 18.9 Å². The number of ether oxygens (including phenoxy) is 1. The third-order valence-corrected chi connectivity index (χ3v) is 5.32. The zero-order valence-corrected chi connectivity index (χ0v) is 13.7. The van der Waals surface area contributed by atoms with Crippen LogP contribution in [0.3, 0.4) is 0 Å². The summed E-state index contributed by atoms with van der Waals surface area (Å²) in [6, 6.07) is 4.88. The number of halogens is 1. The van der Waals surface area contributed by atoms with Gasteiger partial charge in [-0.05, 0) is 47.0 Å². The summed E-state index contributed by atoms with van der Waals surface area (Å²) in [6.45, 7) is 0.588. The molecule has 0 radical (unpaired) electrons. The third-order valence-electron chi connectivity index (χ3n) is 3.08. The second-order valence-electron chi connectivity index (χ2n) is 4.98. The number of carbonyl (C=O) groups excluding carboxylic acids is 1. The minimum atomic E-state index is -3.48. The first-order valence-electron chi connectivity index (χ1n) is 6.52. The quantitative estimate of drug-likeness (QED) is 0.759. The summed E-state index contributed by atoms with van der Waals surface area (Å²) in [6.07, 6.45) is 1.31. The van der Waals surface area contributed by atoms with Crippen LogP contribution in [0, 0.1) is 0 Å². The van der Waals surface area contributed by atoms with E-state index in [1.807, 2.05) is 0 Å². The Kier molecular flexibility index (Phi) is 5.23. The second-order valence-corrected chi connectivity index (χ2v) is 7.94. The molecule has 1 aliphatic rings. The van der Waals surface area contributed by atoms with E-state index in [2.05, 4.69) is 21.2 Å². The van der Waals surface area contributed by atoms with Gasteiger partial charge >= 0.3 is 0 Å². The number of nitrogen functional groups attached to an aromatic ring is 1. The molecule has 116 valence electrons. The van der Waals surface area contributed by atoms with Gasteiger partial charge in [-0.25, -0.2) is 8.42 Å². The zero-order chi connectivity index (χ0) is 15.5. The van der Waals surface area contributed by atoms with Crippen molar-refractivity contribution in [3.05, 3.63) is 22.7 Å². The summed E-state index contributed by atoms with van der Waals surface area (Å²) in [5, 5.41) is 2.56. The van der Waals surface area contributed by atoms with E-state index in [1.54, 1.807) is 18.2 Å². The molecule has 1 fully saturated rings. The molecule has 0 saturated carbocycles. The largest absolute Gasteiger partial charge is 0.399 e. The maximum atomic E-state index is 12.0. The van der Waals surface area contributed by atoms with E-state index in [0.29, 0.717) is 22.5 Å². The maximum absolute atomic E-state index is 12.0. The highest BCUT2D eigenvalue weighted by Crippen LogP contribution is 2.24. The molecule has 0 aliphatic carbocycles. The van der Waals surface area contributed by atoms with E-state index >= 15 is 0 Å². The van der Waals surface area contributed by atoms with Gasteiger partial charge in [0.25, 0.3) is 0 Å². The highest BCUT2D eigenvalue weighted by molar-refractivity contribution is 9.10. The number of nitrogens with two attached hydrogens (primary N) is 1. The number of anilines is 2. The Morgan fingerprint density at radius 2 is 2.24 bits per heavy atom. The molecule has 1 aliphatic heterocycles. The molecule has 1 heterocycles. The Bertz CT molecular complexity index is 627. The molecule has 6 nitrogen and oxygen atoms in total. The Morgan fingerprint density at radius 1 is 1.48 bits per heavy atom. The monoisotopic (exact) mass is 376 g/mol. The van der Waals surface area contributed by atoms with Crippen molar-refractivity contribution in [1.29, 1.82) is 0 Å². The molecule has 0 spiro atoms. The van der Waals surface area contributed by atoms with E-state index in [4.69, 9.17) is 10.5 Å². The van der Waals surface area contributed by atoms with Gasteiger partial charge in [-0.1, -0.05) is 0 Å². The lowest BCUT2D eigenvalue weighted by atomic mass is 10.3. The van der Waals surface area contributed by atoms with Crippen LogP contribution in [0.2, 0.25) is 0 Å². The van der Waals surface area contributed by atoms with Crippen LogP contribution in [0.4, 0.5) is 11.4 Å². The highest BCUT2D eigenvalue weighted by Gasteiger charge is 2.25. The lowest BCUT2D eigenvalue weighted by molar-refractivity contribution is -0.113. The summed E-state index contributed by atoms with van der Waals surface area (Å²) in [5.41, 5.74) is 6.63. The number of benzene rings is 1. The van der Waals surface area contributed by atoms with Crippen molar-refractivity contribution in [1.82, 2.24) is 0 Å². The maximum Gasteiger partial charge on any atom is 0.239 e. The van der Waals surface area contributed by atoms with Crippen LogP contribution in [0.15, 0.2) is 22.7 Å².